The summed E-state index contributed by atoms with van der Waals surface area (Å²) in [7, 11) is 0. The second-order valence-corrected chi connectivity index (χ2v) is 5.94. The minimum atomic E-state index is 0.490. The van der Waals surface area contributed by atoms with Crippen LogP contribution in [0.4, 0.5) is 5.95 Å². The molecule has 3 aromatic rings. The van der Waals surface area contributed by atoms with Crippen molar-refractivity contribution in [1.29, 1.82) is 0 Å². The van der Waals surface area contributed by atoms with E-state index >= 15 is 0 Å². The van der Waals surface area contributed by atoms with Crippen LogP contribution >= 0.6 is 34.2 Å². The molecule has 0 unspecified atom stereocenters. The van der Waals surface area contributed by atoms with E-state index in [1.165, 1.54) is 0 Å². The Morgan fingerprint density at radius 1 is 1.26 bits per heavy atom. The summed E-state index contributed by atoms with van der Waals surface area (Å²) >= 11 is 8.27. The van der Waals surface area contributed by atoms with Gasteiger partial charge in [-0.1, -0.05) is 23.7 Å². The lowest BCUT2D eigenvalue weighted by atomic mass is 10.2. The molecule has 0 atom stereocenters. The summed E-state index contributed by atoms with van der Waals surface area (Å²) < 4.78 is 3.02. The number of aryl methyl sites for hydroxylation is 1. The number of hydrogen-bond acceptors (Lipinski definition) is 2. The highest BCUT2D eigenvalue weighted by Gasteiger charge is 2.14. The Morgan fingerprint density at radius 2 is 2.05 bits per heavy atom. The number of nitrogens with zero attached hydrogens (tertiary/aromatic N) is 2. The molecule has 3 nitrogen and oxygen atoms in total. The molecule has 3 rings (SSSR count). The van der Waals surface area contributed by atoms with Crippen molar-refractivity contribution in [1.82, 2.24) is 9.55 Å². The van der Waals surface area contributed by atoms with Gasteiger partial charge in [0.05, 0.1) is 16.7 Å². The van der Waals surface area contributed by atoms with Crippen LogP contribution in [0.15, 0.2) is 36.4 Å². The molecular formula is C14H11ClIN3. The summed E-state index contributed by atoms with van der Waals surface area (Å²) in [5.74, 6) is 0.490. The molecule has 0 bridgehead atoms. The van der Waals surface area contributed by atoms with E-state index in [-0.39, 0.29) is 0 Å². The van der Waals surface area contributed by atoms with Gasteiger partial charge in [0.1, 0.15) is 0 Å². The van der Waals surface area contributed by atoms with Gasteiger partial charge in [-0.15, -0.1) is 0 Å². The molecule has 1 heterocycles. The monoisotopic (exact) mass is 383 g/mol. The largest absolute Gasteiger partial charge is 0.369 e. The molecule has 0 saturated carbocycles. The van der Waals surface area contributed by atoms with E-state index in [1.54, 1.807) is 0 Å². The van der Waals surface area contributed by atoms with Crippen molar-refractivity contribution < 1.29 is 0 Å². The first-order valence-corrected chi connectivity index (χ1v) is 7.22. The van der Waals surface area contributed by atoms with Crippen LogP contribution < -0.4 is 5.73 Å². The van der Waals surface area contributed by atoms with Crippen LogP contribution in [0, 0.1) is 10.5 Å². The first-order valence-electron chi connectivity index (χ1n) is 5.77. The Kier molecular flexibility index (Phi) is 3.14. The lowest BCUT2D eigenvalue weighted by Gasteiger charge is -2.10. The molecule has 1 aromatic heterocycles. The second kappa shape index (κ2) is 4.68. The van der Waals surface area contributed by atoms with Crippen molar-refractivity contribution in [2.45, 2.75) is 6.92 Å². The molecule has 5 heteroatoms. The van der Waals surface area contributed by atoms with Gasteiger partial charge in [-0.2, -0.15) is 0 Å². The fraction of sp³-hybridized carbons (Fsp3) is 0.0714. The number of anilines is 1. The summed E-state index contributed by atoms with van der Waals surface area (Å²) in [5, 5.41) is 0.716. The molecule has 0 radical (unpaired) electrons. The molecule has 0 aliphatic rings. The van der Waals surface area contributed by atoms with Crippen molar-refractivity contribution >= 4 is 51.2 Å². The molecule has 0 spiro atoms. The van der Waals surface area contributed by atoms with E-state index < -0.39 is 0 Å². The zero-order chi connectivity index (χ0) is 13.6. The van der Waals surface area contributed by atoms with Gasteiger partial charge in [0.2, 0.25) is 5.95 Å². The minimum Gasteiger partial charge on any atom is -0.369 e. The Labute approximate surface area is 129 Å². The van der Waals surface area contributed by atoms with Crippen molar-refractivity contribution in [2.75, 3.05) is 5.73 Å². The topological polar surface area (TPSA) is 43.8 Å². The number of hydrogen-bond donors (Lipinski definition) is 1. The summed E-state index contributed by atoms with van der Waals surface area (Å²) in [6, 6.07) is 11.8. The zero-order valence-electron chi connectivity index (χ0n) is 10.2. The van der Waals surface area contributed by atoms with Crippen LogP contribution in [-0.4, -0.2) is 9.55 Å². The summed E-state index contributed by atoms with van der Waals surface area (Å²) in [5.41, 5.74) is 10.2. The van der Waals surface area contributed by atoms with Crippen LogP contribution in [0.25, 0.3) is 16.7 Å². The molecule has 0 amide bonds. The molecule has 0 saturated heterocycles. The molecular weight excluding hydrogens is 373 g/mol. The van der Waals surface area contributed by atoms with Gasteiger partial charge < -0.3 is 5.73 Å². The molecule has 0 aliphatic heterocycles. The number of halogens is 2. The first kappa shape index (κ1) is 12.7. The smallest absolute Gasteiger partial charge is 0.205 e. The standard InChI is InChI=1S/C14H11ClIN3/c1-8-3-2-4-11-13(8)19(14(17)18-11)12-6-5-9(15)7-10(12)16/h2-7H,1H3,(H2,17,18). The van der Waals surface area contributed by atoms with Crippen molar-refractivity contribution in [2.24, 2.45) is 0 Å². The maximum atomic E-state index is 6.08. The van der Waals surface area contributed by atoms with Crippen molar-refractivity contribution in [3.63, 3.8) is 0 Å². The van der Waals surface area contributed by atoms with Crippen LogP contribution in [0.1, 0.15) is 5.56 Å². The third-order valence-electron chi connectivity index (χ3n) is 3.05. The Hall–Kier alpha value is -1.27. The summed E-state index contributed by atoms with van der Waals surface area (Å²) in [6.07, 6.45) is 0. The average molecular weight is 384 g/mol. The number of nitrogens with two attached hydrogens (primary N) is 1. The first-order chi connectivity index (χ1) is 9.08. The lowest BCUT2D eigenvalue weighted by molar-refractivity contribution is 1.09. The third-order valence-corrected chi connectivity index (χ3v) is 4.15. The van der Waals surface area contributed by atoms with E-state index in [0.29, 0.717) is 11.0 Å². The highest BCUT2D eigenvalue weighted by atomic mass is 127. The highest BCUT2D eigenvalue weighted by molar-refractivity contribution is 14.1. The number of para-hydroxylation sites is 1. The number of benzene rings is 2. The number of aromatic nitrogens is 2. The SMILES string of the molecule is Cc1cccc2nc(N)n(-c3ccc(Cl)cc3I)c12. The van der Waals surface area contributed by atoms with Crippen molar-refractivity contribution in [3.05, 3.63) is 50.6 Å². The van der Waals surface area contributed by atoms with Crippen LogP contribution in [0.2, 0.25) is 5.02 Å². The van der Waals surface area contributed by atoms with Crippen molar-refractivity contribution in [3.8, 4) is 5.69 Å². The zero-order valence-corrected chi connectivity index (χ0v) is 13.1. The predicted molar refractivity (Wildman–Crippen MR) is 87.9 cm³/mol. The fourth-order valence-corrected chi connectivity index (χ4v) is 3.33. The highest BCUT2D eigenvalue weighted by Crippen LogP contribution is 2.29. The number of nitrogen functional groups attached to an aromatic ring is 1. The fourth-order valence-electron chi connectivity index (χ4n) is 2.22. The molecule has 2 aromatic carbocycles. The summed E-state index contributed by atoms with van der Waals surface area (Å²) in [6.45, 7) is 2.06. The molecule has 0 fully saturated rings. The predicted octanol–water partition coefficient (Wildman–Crippen LogP) is 4.17. The van der Waals surface area contributed by atoms with E-state index in [2.05, 4.69) is 40.6 Å². The lowest BCUT2D eigenvalue weighted by Crippen LogP contribution is -2.03. The average Bonchev–Trinajstić information content (AvgIpc) is 2.67. The van der Waals surface area contributed by atoms with Gasteiger partial charge in [-0.25, -0.2) is 4.98 Å². The molecule has 0 aliphatic carbocycles. The van der Waals surface area contributed by atoms with Gasteiger partial charge in [0.15, 0.2) is 0 Å². The van der Waals surface area contributed by atoms with E-state index in [1.807, 2.05) is 34.9 Å². The number of fused-ring (bicyclic) bond motifs is 1. The van der Waals surface area contributed by atoms with Crippen LogP contribution in [0.3, 0.4) is 0 Å². The molecule has 2 N–H and O–H groups in total. The third kappa shape index (κ3) is 2.08. The maximum absolute atomic E-state index is 6.08. The Balaban J connectivity index is 2.39. The van der Waals surface area contributed by atoms with Gasteiger partial charge in [-0.3, -0.25) is 4.57 Å². The molecule has 19 heavy (non-hydrogen) atoms. The second-order valence-electron chi connectivity index (χ2n) is 4.34. The normalized spacial score (nSPS) is 11.1. The number of rotatable bonds is 1. The minimum absolute atomic E-state index is 0.490. The number of imidazole rings is 1. The van der Waals surface area contributed by atoms with Gasteiger partial charge >= 0.3 is 0 Å². The van der Waals surface area contributed by atoms with E-state index in [9.17, 15) is 0 Å². The van der Waals surface area contributed by atoms with E-state index in [0.717, 1.165) is 25.9 Å². The van der Waals surface area contributed by atoms with Crippen LogP contribution in [0.5, 0.6) is 0 Å². The van der Waals surface area contributed by atoms with Gasteiger partial charge in [0.25, 0.3) is 0 Å². The maximum Gasteiger partial charge on any atom is 0.205 e. The Morgan fingerprint density at radius 3 is 2.79 bits per heavy atom. The molecule has 96 valence electrons. The summed E-state index contributed by atoms with van der Waals surface area (Å²) in [4.78, 5) is 4.42. The Bertz CT molecular complexity index is 780. The quantitative estimate of drug-likeness (QED) is 0.641. The van der Waals surface area contributed by atoms with Gasteiger partial charge in [-0.05, 0) is 59.3 Å². The van der Waals surface area contributed by atoms with E-state index in [4.69, 9.17) is 17.3 Å². The van der Waals surface area contributed by atoms with Crippen LogP contribution in [-0.2, 0) is 0 Å². The van der Waals surface area contributed by atoms with Gasteiger partial charge in [0, 0.05) is 8.59 Å².